The highest BCUT2D eigenvalue weighted by Gasteiger charge is 2.30. The van der Waals surface area contributed by atoms with E-state index in [0.717, 1.165) is 97.1 Å². The third-order valence-electron chi connectivity index (χ3n) is 20.4. The predicted molar refractivity (Wildman–Crippen MR) is 554 cm³/mol. The van der Waals surface area contributed by atoms with Crippen LogP contribution in [-0.4, -0.2) is 72.0 Å². The van der Waals surface area contributed by atoms with Crippen LogP contribution in [0.3, 0.4) is 0 Å². The zero-order valence-corrected chi connectivity index (χ0v) is 84.0. The second-order valence-electron chi connectivity index (χ2n) is 30.0. The highest BCUT2D eigenvalue weighted by molar-refractivity contribution is 7.91. The molecule has 0 unspecified atom stereocenters. The number of halogens is 4. The first-order valence-electron chi connectivity index (χ1n) is 40.3. The van der Waals surface area contributed by atoms with Crippen LogP contribution >= 0.6 is 160 Å². The number of aryl methyl sites for hydroxylation is 4. The van der Waals surface area contributed by atoms with Crippen molar-refractivity contribution in [3.63, 3.8) is 0 Å². The van der Waals surface area contributed by atoms with Crippen molar-refractivity contribution in [3.8, 4) is 62.0 Å². The van der Waals surface area contributed by atoms with Crippen molar-refractivity contribution in [3.05, 3.63) is 355 Å². The monoisotopic (exact) mass is 2050 g/mol. The fourth-order valence-electron chi connectivity index (χ4n) is 13.7. The Morgan fingerprint density at radius 2 is 0.865 bits per heavy atom. The molecule has 133 heavy (non-hydrogen) atoms. The molecule has 6 aromatic carbocycles. The lowest BCUT2D eigenvalue weighted by Gasteiger charge is -2.08. The van der Waals surface area contributed by atoms with Crippen LogP contribution in [0.4, 0.5) is 22.7 Å². The molecule has 0 saturated carbocycles. The lowest BCUT2D eigenvalue weighted by atomic mass is 10.0. The number of anilines is 4. The number of amides is 4. The molecule has 0 saturated heterocycles. The second-order valence-corrected chi connectivity index (χ2v) is 42.6. The molecule has 4 amide bonds. The van der Waals surface area contributed by atoms with E-state index in [1.165, 1.54) is 124 Å². The van der Waals surface area contributed by atoms with Gasteiger partial charge in [0.1, 0.15) is 0 Å². The van der Waals surface area contributed by atoms with E-state index < -0.39 is 21.7 Å². The number of Topliss-reactive ketones (excluding diaryl/α,β-unsaturated/α-hetero) is 5. The molecule has 17 nitrogen and oxygen atoms in total. The third kappa shape index (κ3) is 24.1. The van der Waals surface area contributed by atoms with Crippen molar-refractivity contribution < 1.29 is 61.5 Å². The van der Waals surface area contributed by atoms with E-state index in [0.29, 0.717) is 107 Å². The first kappa shape index (κ1) is 99.1. The maximum atomic E-state index is 13.1. The Morgan fingerprint density at radius 3 is 1.31 bits per heavy atom. The summed E-state index contributed by atoms with van der Waals surface area (Å²) in [6, 6.07) is 53.5. The van der Waals surface area contributed by atoms with Gasteiger partial charge in [-0.15, -0.1) is 102 Å². The number of hydrogen-bond acceptors (Lipinski definition) is 22. The van der Waals surface area contributed by atoms with Gasteiger partial charge in [0.15, 0.2) is 28.9 Å². The van der Waals surface area contributed by atoms with E-state index in [4.69, 9.17) is 46.4 Å². The first-order chi connectivity index (χ1) is 63.6. The number of allylic oxidation sites excluding steroid dienone is 2. The summed E-state index contributed by atoms with van der Waals surface area (Å²) in [4.78, 5) is 132. The Kier molecular flexibility index (Phi) is 33.3. The van der Waals surface area contributed by atoms with Gasteiger partial charge in [0.25, 0.3) is 23.6 Å². The molecule has 674 valence electrons. The number of carbonyl (C=O) groups is 10. The summed E-state index contributed by atoms with van der Waals surface area (Å²) < 4.78 is 26.2. The van der Waals surface area contributed by atoms with Gasteiger partial charge in [-0.2, -0.15) is 11.3 Å². The molecule has 17 rings (SSSR count). The van der Waals surface area contributed by atoms with Crippen LogP contribution in [0.1, 0.15) is 159 Å². The number of thiophene rings is 10. The number of carboxylic acids is 1. The Bertz CT molecular complexity index is 7270. The highest BCUT2D eigenvalue weighted by Crippen LogP contribution is 2.45. The lowest BCUT2D eigenvalue weighted by Crippen LogP contribution is -2.14. The van der Waals surface area contributed by atoms with E-state index in [2.05, 4.69) is 21.3 Å². The zero-order valence-electron chi connectivity index (χ0n) is 72.0. The van der Waals surface area contributed by atoms with E-state index in [1.54, 1.807) is 136 Å². The van der Waals surface area contributed by atoms with Crippen molar-refractivity contribution in [2.45, 2.75) is 84.9 Å². The molecular weight excluding hydrogens is 1970 g/mol. The average molecular weight is 2050 g/mol. The van der Waals surface area contributed by atoms with Gasteiger partial charge >= 0.3 is 5.97 Å². The number of ketones is 5. The van der Waals surface area contributed by atoms with Gasteiger partial charge in [-0.05, 0) is 214 Å². The average Bonchev–Trinajstić information content (AvgIpc) is 1.77. The normalized spacial score (nSPS) is 11.3. The number of sulfone groups is 1. The van der Waals surface area contributed by atoms with Crippen LogP contribution in [0, 0.1) is 34.6 Å². The first-order valence-corrected chi connectivity index (χ1v) is 52.1. The molecule has 0 atom stereocenters. The van der Waals surface area contributed by atoms with Crippen molar-refractivity contribution >= 4 is 251 Å². The van der Waals surface area contributed by atoms with Crippen molar-refractivity contribution in [1.29, 1.82) is 0 Å². The maximum Gasteiger partial charge on any atom is 0.337 e. The molecule has 32 heteroatoms. The number of nitrogens with one attached hydrogen (secondary N) is 4. The standard InChI is InChI=1S/C26H23NO4S3.C22H17NO2S3.C18H13Cl2NO2S.C18H13ClO3S2.C17H12ClNO2S2/c1-15-5-9-19(10-6-15)25-23(18(4)28)21(13-32-25)27-26(29)24-17(3)22(14-33-24)34(30,31)20-11-7-16(2)8-12-20;1-13-5-7-15(8-6-13)21-20(14(2)24)16(12-27-21)23-22(25)19-10-9-18(28-19)17-4-3-11-26-17;1-10(22)16-15(21-18(23)11-4-2-3-5-11)9-24-17(16)12-6-7-13(19)14(20)8-12;1-10-6-7-23-16(10)14(20)8-12-9-24-17(15(12)18(21)22)11-2-4-13(19)5-3-11;1-10(20)15-14(19-17(21)12-6-7-22-8-12)9-23-16(15)11-2-4-13(18)5-3-11/h5-14H,1-4H3,(H,27,29);3-12H,1-2H3,(H,23,25);2,4-9H,3H2,1H3,(H,21,23);2-7,9H,8H2,1H3,(H,21,22);2-9H,1H3,(H,19,21). The van der Waals surface area contributed by atoms with Gasteiger partial charge in [0.05, 0.1) is 90.6 Å². The van der Waals surface area contributed by atoms with E-state index in [-0.39, 0.29) is 68.4 Å². The van der Waals surface area contributed by atoms with Crippen LogP contribution in [0.5, 0.6) is 0 Å². The van der Waals surface area contributed by atoms with Crippen LogP contribution < -0.4 is 21.3 Å². The van der Waals surface area contributed by atoms with Crippen molar-refractivity contribution in [1.82, 2.24) is 0 Å². The van der Waals surface area contributed by atoms with Gasteiger partial charge < -0.3 is 26.4 Å². The minimum Gasteiger partial charge on any atom is -0.478 e. The number of carbonyl (C=O) groups excluding carboxylic acids is 9. The SMILES string of the molecule is CC(=O)c1c(NC(=O)C2=CCC=C2)csc1-c1ccc(Cl)c(Cl)c1.CC(=O)c1c(NC(=O)c2ccc(-c3cccs3)s2)csc1-c1ccc(C)cc1.CC(=O)c1c(NC(=O)c2ccsc2)csc1-c1ccc(Cl)cc1.CC(=O)c1c(NC(=O)c2scc(S(=O)(=O)c3ccc(C)cc3)c2C)csc1-c1ccc(C)cc1.Cc1ccsc1C(=O)Cc1csc(-c2ccc(Cl)cc2)c1C(=O)O. The number of hydrogen-bond donors (Lipinski definition) is 5. The topological polar surface area (TPSA) is 273 Å². The second kappa shape index (κ2) is 44.6. The Hall–Kier alpha value is -11.4. The number of carboxylic acid groups (broad SMARTS) is 1. The quantitative estimate of drug-likeness (QED) is 0.0353. The van der Waals surface area contributed by atoms with Gasteiger partial charge in [0.2, 0.25) is 9.84 Å². The minimum atomic E-state index is -3.75. The fourth-order valence-corrected chi connectivity index (χ4v) is 25.6. The number of rotatable bonds is 24. The summed E-state index contributed by atoms with van der Waals surface area (Å²) in [5, 5.41) is 41.1. The van der Waals surface area contributed by atoms with Gasteiger partial charge in [-0.25, -0.2) is 13.2 Å². The fraction of sp³-hybridized carbons (Fsp3) is 0.109. The molecule has 10 aromatic heterocycles. The summed E-state index contributed by atoms with van der Waals surface area (Å²) in [7, 11) is -3.75. The van der Waals surface area contributed by atoms with Crippen LogP contribution in [0.25, 0.3) is 62.0 Å². The summed E-state index contributed by atoms with van der Waals surface area (Å²) >= 11 is 37.9. The van der Waals surface area contributed by atoms with Gasteiger partial charge in [-0.3, -0.25) is 43.2 Å². The molecule has 5 N–H and O–H groups in total. The maximum absolute atomic E-state index is 13.1. The summed E-state index contributed by atoms with van der Waals surface area (Å²) in [5.74, 6) is -2.56. The molecule has 0 aliphatic heterocycles. The van der Waals surface area contributed by atoms with E-state index in [1.807, 2.05) is 152 Å². The number of aromatic carboxylic acids is 1. The van der Waals surface area contributed by atoms with Crippen LogP contribution in [-0.2, 0) is 21.1 Å². The molecule has 1 aliphatic carbocycles. The number of benzene rings is 6. The van der Waals surface area contributed by atoms with Crippen molar-refractivity contribution in [2.75, 3.05) is 21.3 Å². The molecule has 0 radical (unpaired) electrons. The molecule has 0 fully saturated rings. The molecule has 16 aromatic rings. The van der Waals surface area contributed by atoms with Gasteiger partial charge in [-0.1, -0.05) is 178 Å². The van der Waals surface area contributed by atoms with E-state index >= 15 is 0 Å². The van der Waals surface area contributed by atoms with Crippen LogP contribution in [0.15, 0.2) is 263 Å². The zero-order chi connectivity index (χ0) is 95.2. The van der Waals surface area contributed by atoms with Gasteiger partial charge in [0, 0.05) is 88.5 Å². The molecule has 0 spiro atoms. The van der Waals surface area contributed by atoms with Crippen molar-refractivity contribution in [2.24, 2.45) is 0 Å². The van der Waals surface area contributed by atoms with E-state index in [9.17, 15) is 61.5 Å². The third-order valence-corrected chi connectivity index (χ3v) is 33.8. The Morgan fingerprint density at radius 1 is 0.406 bits per heavy atom. The molecule has 1 aliphatic rings. The predicted octanol–water partition coefficient (Wildman–Crippen LogP) is 30.6. The summed E-state index contributed by atoms with van der Waals surface area (Å²) in [6.07, 6.45) is 6.37. The Balaban J connectivity index is 0.000000142. The molecular formula is C101H78Cl4N4O13S11. The summed E-state index contributed by atoms with van der Waals surface area (Å²) in [6.45, 7) is 15.4. The highest BCUT2D eigenvalue weighted by atomic mass is 35.5. The molecule has 0 bridgehead atoms. The minimum absolute atomic E-state index is 0.0505. The summed E-state index contributed by atoms with van der Waals surface area (Å²) in [5.41, 5.74) is 14.9. The largest absolute Gasteiger partial charge is 0.478 e. The Labute approximate surface area is 827 Å². The molecule has 10 heterocycles. The van der Waals surface area contributed by atoms with Crippen LogP contribution in [0.2, 0.25) is 20.1 Å². The smallest absolute Gasteiger partial charge is 0.337 e. The lowest BCUT2D eigenvalue weighted by molar-refractivity contribution is -0.112.